The third kappa shape index (κ3) is 4.14. The minimum Gasteiger partial charge on any atom is -0.497 e. The number of ether oxygens (including phenoxy) is 1. The fourth-order valence-corrected chi connectivity index (χ4v) is 4.86. The molecule has 27 heavy (non-hydrogen) atoms. The van der Waals surface area contributed by atoms with Crippen LogP contribution in [0.25, 0.3) is 0 Å². The fourth-order valence-electron chi connectivity index (χ4n) is 3.31. The highest BCUT2D eigenvalue weighted by molar-refractivity contribution is 7.89. The van der Waals surface area contributed by atoms with Gasteiger partial charge in [0.2, 0.25) is 15.9 Å². The van der Waals surface area contributed by atoms with Gasteiger partial charge in [-0.3, -0.25) is 4.79 Å². The molecule has 0 aromatic heterocycles. The van der Waals surface area contributed by atoms with Crippen LogP contribution < -0.4 is 9.64 Å². The third-order valence-corrected chi connectivity index (χ3v) is 6.78. The molecule has 1 aliphatic rings. The smallest absolute Gasteiger partial charge is 0.243 e. The van der Waals surface area contributed by atoms with Gasteiger partial charge in [0.15, 0.2) is 0 Å². The number of amides is 1. The van der Waals surface area contributed by atoms with Gasteiger partial charge in [0.05, 0.1) is 17.9 Å². The number of benzene rings is 2. The zero-order valence-electron chi connectivity index (χ0n) is 15.5. The van der Waals surface area contributed by atoms with Gasteiger partial charge in [-0.15, -0.1) is 0 Å². The summed E-state index contributed by atoms with van der Waals surface area (Å²) in [5, 5.41) is 0. The number of hydrogen-bond acceptors (Lipinski definition) is 4. The summed E-state index contributed by atoms with van der Waals surface area (Å²) in [5.41, 5.74) is 0.754. The minimum atomic E-state index is -3.58. The first kappa shape index (κ1) is 19.4. The minimum absolute atomic E-state index is 0.0758. The van der Waals surface area contributed by atoms with Crippen LogP contribution in [0.15, 0.2) is 59.5 Å². The highest BCUT2D eigenvalue weighted by Crippen LogP contribution is 2.27. The Balaban J connectivity index is 1.74. The van der Waals surface area contributed by atoms with Gasteiger partial charge in [-0.2, -0.15) is 4.31 Å². The molecule has 1 atom stereocenters. The van der Waals surface area contributed by atoms with E-state index in [-0.39, 0.29) is 23.3 Å². The van der Waals surface area contributed by atoms with Crippen molar-refractivity contribution in [2.24, 2.45) is 5.92 Å². The summed E-state index contributed by atoms with van der Waals surface area (Å²) in [5.74, 6) is 0.287. The Kier molecular flexibility index (Phi) is 5.82. The van der Waals surface area contributed by atoms with E-state index in [1.807, 2.05) is 12.1 Å². The number of rotatable bonds is 5. The number of methoxy groups -OCH3 is 1. The molecule has 0 bridgehead atoms. The van der Waals surface area contributed by atoms with Crippen molar-refractivity contribution in [1.29, 1.82) is 0 Å². The number of sulfonamides is 1. The van der Waals surface area contributed by atoms with E-state index in [1.54, 1.807) is 61.5 Å². The molecular weight excluding hydrogens is 364 g/mol. The van der Waals surface area contributed by atoms with Crippen LogP contribution in [0.2, 0.25) is 0 Å². The van der Waals surface area contributed by atoms with E-state index in [9.17, 15) is 13.2 Å². The van der Waals surface area contributed by atoms with Crippen molar-refractivity contribution < 1.29 is 17.9 Å². The van der Waals surface area contributed by atoms with Gasteiger partial charge in [0, 0.05) is 25.8 Å². The summed E-state index contributed by atoms with van der Waals surface area (Å²) in [6.45, 7) is 0.643. The molecule has 144 valence electrons. The van der Waals surface area contributed by atoms with Gasteiger partial charge in [-0.25, -0.2) is 8.42 Å². The highest BCUT2D eigenvalue weighted by atomic mass is 32.2. The average molecular weight is 388 g/mol. The Morgan fingerprint density at radius 1 is 1.11 bits per heavy atom. The van der Waals surface area contributed by atoms with E-state index in [2.05, 4.69) is 0 Å². The number of carbonyl (C=O) groups excluding carboxylic acids is 1. The normalized spacial score (nSPS) is 18.1. The van der Waals surface area contributed by atoms with E-state index < -0.39 is 10.0 Å². The zero-order valence-corrected chi connectivity index (χ0v) is 16.4. The van der Waals surface area contributed by atoms with Crippen molar-refractivity contribution in [3.8, 4) is 5.75 Å². The Morgan fingerprint density at radius 2 is 1.78 bits per heavy atom. The quantitative estimate of drug-likeness (QED) is 0.790. The molecule has 0 spiro atoms. The second kappa shape index (κ2) is 8.10. The molecule has 2 aromatic carbocycles. The van der Waals surface area contributed by atoms with E-state index in [1.165, 1.54) is 4.31 Å². The maximum absolute atomic E-state index is 12.9. The molecule has 1 amide bonds. The topological polar surface area (TPSA) is 66.9 Å². The van der Waals surface area contributed by atoms with Crippen molar-refractivity contribution in [3.63, 3.8) is 0 Å². The third-order valence-electron chi connectivity index (χ3n) is 4.90. The number of nitrogens with zero attached hydrogens (tertiary/aromatic N) is 2. The summed E-state index contributed by atoms with van der Waals surface area (Å²) < 4.78 is 32.3. The first-order valence-corrected chi connectivity index (χ1v) is 10.3. The van der Waals surface area contributed by atoms with E-state index in [0.29, 0.717) is 19.4 Å². The highest BCUT2D eigenvalue weighted by Gasteiger charge is 2.34. The molecule has 1 saturated heterocycles. The molecule has 0 radical (unpaired) electrons. The summed E-state index contributed by atoms with van der Waals surface area (Å²) in [6.07, 6.45) is 1.35. The summed E-state index contributed by atoms with van der Waals surface area (Å²) in [4.78, 5) is 14.8. The van der Waals surface area contributed by atoms with Crippen LogP contribution in [0.5, 0.6) is 5.75 Å². The van der Waals surface area contributed by atoms with Crippen LogP contribution in [-0.2, 0) is 14.8 Å². The van der Waals surface area contributed by atoms with Crippen molar-refractivity contribution in [2.45, 2.75) is 17.7 Å². The zero-order chi connectivity index (χ0) is 19.4. The van der Waals surface area contributed by atoms with Gasteiger partial charge in [-0.05, 0) is 49.2 Å². The Labute approximate surface area is 160 Å². The first-order chi connectivity index (χ1) is 12.9. The summed E-state index contributed by atoms with van der Waals surface area (Å²) >= 11 is 0. The maximum Gasteiger partial charge on any atom is 0.243 e. The fraction of sp³-hybridized carbons (Fsp3) is 0.350. The van der Waals surface area contributed by atoms with E-state index in [0.717, 1.165) is 11.4 Å². The summed E-state index contributed by atoms with van der Waals surface area (Å²) in [7, 11) is -0.274. The lowest BCUT2D eigenvalue weighted by Gasteiger charge is -2.33. The number of hydrogen-bond donors (Lipinski definition) is 0. The molecule has 6 nitrogen and oxygen atoms in total. The monoisotopic (exact) mass is 388 g/mol. The summed E-state index contributed by atoms with van der Waals surface area (Å²) in [6, 6.07) is 15.6. The van der Waals surface area contributed by atoms with Crippen molar-refractivity contribution in [3.05, 3.63) is 54.6 Å². The Bertz CT molecular complexity index is 882. The molecular formula is C20H24N2O4S. The molecule has 0 aliphatic carbocycles. The van der Waals surface area contributed by atoms with Crippen LogP contribution in [0, 0.1) is 5.92 Å². The van der Waals surface area contributed by atoms with Crippen molar-refractivity contribution in [2.75, 3.05) is 32.1 Å². The molecule has 2 aromatic rings. The predicted molar refractivity (Wildman–Crippen MR) is 104 cm³/mol. The largest absolute Gasteiger partial charge is 0.497 e. The van der Waals surface area contributed by atoms with E-state index >= 15 is 0 Å². The first-order valence-electron chi connectivity index (χ1n) is 8.90. The van der Waals surface area contributed by atoms with Gasteiger partial charge < -0.3 is 9.64 Å². The van der Waals surface area contributed by atoms with Crippen molar-refractivity contribution in [1.82, 2.24) is 4.31 Å². The molecule has 1 fully saturated rings. The average Bonchev–Trinajstić information content (AvgIpc) is 2.73. The SMILES string of the molecule is COc1ccc(N(C)C(=O)[C@@H]2CCCN(S(=O)(=O)c3ccccc3)C2)cc1. The maximum atomic E-state index is 12.9. The van der Waals surface area contributed by atoms with Gasteiger partial charge in [-0.1, -0.05) is 18.2 Å². The van der Waals surface area contributed by atoms with Crippen molar-refractivity contribution >= 4 is 21.6 Å². The standard InChI is InChI=1S/C20H24N2O4S/c1-21(17-10-12-18(26-2)13-11-17)20(23)16-7-6-14-22(15-16)27(24,25)19-8-4-3-5-9-19/h3-5,8-13,16H,6-7,14-15H2,1-2H3/t16-/m1/s1. The molecule has 0 saturated carbocycles. The molecule has 3 rings (SSSR count). The van der Waals surface area contributed by atoms with E-state index in [4.69, 9.17) is 4.74 Å². The molecule has 0 N–H and O–H groups in total. The lowest BCUT2D eigenvalue weighted by Crippen LogP contribution is -2.45. The van der Waals surface area contributed by atoms with Gasteiger partial charge >= 0.3 is 0 Å². The lowest BCUT2D eigenvalue weighted by atomic mass is 9.98. The Morgan fingerprint density at radius 3 is 2.41 bits per heavy atom. The van der Waals surface area contributed by atoms with Crippen LogP contribution in [0.3, 0.4) is 0 Å². The van der Waals surface area contributed by atoms with Crippen LogP contribution in [-0.4, -0.2) is 45.9 Å². The molecule has 7 heteroatoms. The van der Waals surface area contributed by atoms with Crippen LogP contribution >= 0.6 is 0 Å². The number of piperidine rings is 1. The van der Waals surface area contributed by atoms with Gasteiger partial charge in [0.25, 0.3) is 0 Å². The lowest BCUT2D eigenvalue weighted by molar-refractivity contribution is -0.123. The molecule has 1 aliphatic heterocycles. The molecule has 1 heterocycles. The van der Waals surface area contributed by atoms with Crippen LogP contribution in [0.4, 0.5) is 5.69 Å². The van der Waals surface area contributed by atoms with Gasteiger partial charge in [0.1, 0.15) is 5.75 Å². The number of anilines is 1. The van der Waals surface area contributed by atoms with Crippen LogP contribution in [0.1, 0.15) is 12.8 Å². The molecule has 0 unspecified atom stereocenters. The number of carbonyl (C=O) groups is 1. The second-order valence-electron chi connectivity index (χ2n) is 6.61. The second-order valence-corrected chi connectivity index (χ2v) is 8.55. The predicted octanol–water partition coefficient (Wildman–Crippen LogP) is 2.76. The Hall–Kier alpha value is -2.38.